The average Bonchev–Trinajstić information content (AvgIpc) is 2.66. The van der Waals surface area contributed by atoms with Crippen molar-refractivity contribution in [1.82, 2.24) is 4.98 Å². The molecule has 0 radical (unpaired) electrons. The third-order valence-corrected chi connectivity index (χ3v) is 4.99. The van der Waals surface area contributed by atoms with E-state index in [0.29, 0.717) is 27.4 Å². The molecule has 1 heterocycles. The van der Waals surface area contributed by atoms with E-state index >= 15 is 0 Å². The number of phenolic OH excluding ortho intramolecular Hbond substituents is 1. The first-order valence-corrected chi connectivity index (χ1v) is 8.85. The summed E-state index contributed by atoms with van der Waals surface area (Å²) in [6, 6.07) is 10.2. The van der Waals surface area contributed by atoms with Crippen molar-refractivity contribution in [3.63, 3.8) is 0 Å². The topological polar surface area (TPSA) is 66.6 Å². The summed E-state index contributed by atoms with van der Waals surface area (Å²) >= 11 is 6.33. The van der Waals surface area contributed by atoms with Crippen molar-refractivity contribution in [2.24, 2.45) is 0 Å². The van der Waals surface area contributed by atoms with Crippen LogP contribution in [0.25, 0.3) is 33.0 Å². The molecular formula is C20H17ClN2O3. The Hall–Kier alpha value is -2.79. The molecule has 132 valence electrons. The summed E-state index contributed by atoms with van der Waals surface area (Å²) in [4.78, 5) is 18.6. The number of aromatic nitrogens is 1. The molecule has 0 bridgehead atoms. The molecule has 3 aromatic carbocycles. The molecule has 0 saturated heterocycles. The molecule has 4 aromatic rings. The van der Waals surface area contributed by atoms with Crippen LogP contribution in [-0.4, -0.2) is 23.2 Å². The van der Waals surface area contributed by atoms with E-state index in [2.05, 4.69) is 23.7 Å². The van der Waals surface area contributed by atoms with E-state index in [1.807, 2.05) is 18.2 Å². The van der Waals surface area contributed by atoms with Crippen LogP contribution in [-0.2, 0) is 0 Å². The molecule has 6 heteroatoms. The van der Waals surface area contributed by atoms with Crippen LogP contribution in [0.15, 0.2) is 45.6 Å². The second kappa shape index (κ2) is 6.18. The number of aromatic hydroxyl groups is 1. The van der Waals surface area contributed by atoms with E-state index in [9.17, 15) is 9.90 Å². The number of benzene rings is 3. The van der Waals surface area contributed by atoms with E-state index < -0.39 is 0 Å². The zero-order chi connectivity index (χ0) is 18.4. The molecule has 0 aliphatic carbocycles. The van der Waals surface area contributed by atoms with Gasteiger partial charge in [0.2, 0.25) is 0 Å². The Bertz CT molecular complexity index is 1210. The fraction of sp³-hybridized carbons (Fsp3) is 0.200. The summed E-state index contributed by atoms with van der Waals surface area (Å²) in [5, 5.41) is 11.5. The summed E-state index contributed by atoms with van der Waals surface area (Å²) in [6.45, 7) is 5.93. The number of hydrogen-bond donors (Lipinski definition) is 1. The molecule has 4 rings (SSSR count). The summed E-state index contributed by atoms with van der Waals surface area (Å²) in [5.41, 5.74) is 2.82. The first-order valence-electron chi connectivity index (χ1n) is 8.47. The number of rotatable bonds is 3. The molecule has 0 spiro atoms. The van der Waals surface area contributed by atoms with Crippen LogP contribution < -0.4 is 10.3 Å². The predicted molar refractivity (Wildman–Crippen MR) is 106 cm³/mol. The minimum absolute atomic E-state index is 0.0915. The molecule has 0 aliphatic heterocycles. The van der Waals surface area contributed by atoms with Gasteiger partial charge in [-0.1, -0.05) is 11.6 Å². The lowest BCUT2D eigenvalue weighted by molar-refractivity contribution is 0.481. The molecule has 0 saturated carbocycles. The smallest absolute Gasteiger partial charge is 0.179 e. The number of halogens is 1. The van der Waals surface area contributed by atoms with Crippen molar-refractivity contribution < 1.29 is 9.52 Å². The highest BCUT2D eigenvalue weighted by atomic mass is 35.5. The number of nitrogens with zero attached hydrogens (tertiary/aromatic N) is 2. The van der Waals surface area contributed by atoms with Gasteiger partial charge in [-0.3, -0.25) is 4.79 Å². The lowest BCUT2D eigenvalue weighted by Gasteiger charge is -2.21. The number of anilines is 1. The Labute approximate surface area is 154 Å². The molecule has 5 nitrogen and oxygen atoms in total. The van der Waals surface area contributed by atoms with Crippen molar-refractivity contribution in [1.29, 1.82) is 0 Å². The summed E-state index contributed by atoms with van der Waals surface area (Å²) in [6.07, 6.45) is 0. The highest BCUT2D eigenvalue weighted by molar-refractivity contribution is 6.38. The van der Waals surface area contributed by atoms with Crippen molar-refractivity contribution >= 4 is 50.3 Å². The van der Waals surface area contributed by atoms with Crippen LogP contribution in [0.3, 0.4) is 0 Å². The van der Waals surface area contributed by atoms with Crippen molar-refractivity contribution in [2.45, 2.75) is 13.8 Å². The van der Waals surface area contributed by atoms with Gasteiger partial charge in [-0.05, 0) is 44.2 Å². The van der Waals surface area contributed by atoms with Gasteiger partial charge in [-0.15, -0.1) is 0 Å². The molecule has 0 fully saturated rings. The molecular weight excluding hydrogens is 352 g/mol. The van der Waals surface area contributed by atoms with E-state index in [0.717, 1.165) is 18.8 Å². The van der Waals surface area contributed by atoms with Crippen LogP contribution in [0.5, 0.6) is 5.75 Å². The van der Waals surface area contributed by atoms with E-state index in [4.69, 9.17) is 16.0 Å². The minimum Gasteiger partial charge on any atom is -0.506 e. The highest BCUT2D eigenvalue weighted by Gasteiger charge is 2.17. The van der Waals surface area contributed by atoms with Crippen molar-refractivity contribution in [3.05, 3.63) is 51.6 Å². The van der Waals surface area contributed by atoms with Gasteiger partial charge in [0.25, 0.3) is 0 Å². The molecule has 0 atom stereocenters. The van der Waals surface area contributed by atoms with E-state index in [-0.39, 0.29) is 21.8 Å². The number of hydrogen-bond acceptors (Lipinski definition) is 5. The van der Waals surface area contributed by atoms with Gasteiger partial charge in [0.05, 0.1) is 0 Å². The van der Waals surface area contributed by atoms with Crippen LogP contribution >= 0.6 is 11.6 Å². The Balaban J connectivity index is 2.10. The van der Waals surface area contributed by atoms with Gasteiger partial charge >= 0.3 is 0 Å². The Morgan fingerprint density at radius 2 is 1.88 bits per heavy atom. The lowest BCUT2D eigenvalue weighted by Crippen LogP contribution is -2.21. The average molecular weight is 369 g/mol. The molecule has 0 unspecified atom stereocenters. The summed E-state index contributed by atoms with van der Waals surface area (Å²) in [5.74, 6) is -0.112. The maximum absolute atomic E-state index is 11.8. The lowest BCUT2D eigenvalue weighted by atomic mass is 10.1. The summed E-state index contributed by atoms with van der Waals surface area (Å²) in [7, 11) is 0. The normalized spacial score (nSPS) is 11.5. The predicted octanol–water partition coefficient (Wildman–Crippen LogP) is 4.70. The van der Waals surface area contributed by atoms with E-state index in [1.54, 1.807) is 6.07 Å². The molecule has 26 heavy (non-hydrogen) atoms. The zero-order valence-electron chi connectivity index (χ0n) is 14.4. The monoisotopic (exact) mass is 368 g/mol. The van der Waals surface area contributed by atoms with Crippen LogP contribution in [0.4, 0.5) is 5.69 Å². The molecule has 1 aromatic heterocycles. The number of fused-ring (bicyclic) bond motifs is 4. The van der Waals surface area contributed by atoms with E-state index in [1.165, 1.54) is 12.1 Å². The second-order valence-corrected chi connectivity index (χ2v) is 6.46. The van der Waals surface area contributed by atoms with Crippen LogP contribution in [0.2, 0.25) is 5.02 Å². The third-order valence-electron chi connectivity index (χ3n) is 4.64. The molecule has 0 aliphatic rings. The zero-order valence-corrected chi connectivity index (χ0v) is 15.2. The van der Waals surface area contributed by atoms with Gasteiger partial charge in [0.15, 0.2) is 16.6 Å². The standard InChI is InChI=1S/C20H17ClN2O3/c1-3-23(4-2)11-5-8-15-16(9-11)26-20-17(21)19(25)13-7-6-12(24)10-14(13)18(20)22-15/h5-10,25H,3-4H2,1-2H3. The van der Waals surface area contributed by atoms with Crippen LogP contribution in [0.1, 0.15) is 13.8 Å². The largest absolute Gasteiger partial charge is 0.506 e. The second-order valence-electron chi connectivity index (χ2n) is 6.09. The van der Waals surface area contributed by atoms with Crippen LogP contribution in [0, 0.1) is 0 Å². The first-order chi connectivity index (χ1) is 12.5. The SMILES string of the molecule is CCN(CC)c1ccc2nc3c(oc2c1)c(Cl)c(O)c1ccc(=O)cc13. The Morgan fingerprint density at radius 3 is 2.62 bits per heavy atom. The fourth-order valence-corrected chi connectivity index (χ4v) is 3.50. The van der Waals surface area contributed by atoms with Gasteiger partial charge in [0, 0.05) is 35.6 Å². The Kier molecular flexibility index (Phi) is 3.96. The maximum atomic E-state index is 11.8. The van der Waals surface area contributed by atoms with Crippen molar-refractivity contribution in [3.8, 4) is 5.75 Å². The maximum Gasteiger partial charge on any atom is 0.179 e. The molecule has 0 amide bonds. The van der Waals surface area contributed by atoms with Gasteiger partial charge in [-0.2, -0.15) is 0 Å². The highest BCUT2D eigenvalue weighted by Crippen LogP contribution is 2.40. The van der Waals surface area contributed by atoms with Gasteiger partial charge in [0.1, 0.15) is 21.8 Å². The van der Waals surface area contributed by atoms with Gasteiger partial charge in [-0.25, -0.2) is 4.98 Å². The third kappa shape index (κ3) is 2.47. The number of phenols is 1. The first kappa shape index (κ1) is 16.7. The van der Waals surface area contributed by atoms with Gasteiger partial charge < -0.3 is 14.4 Å². The quantitative estimate of drug-likeness (QED) is 0.419. The summed E-state index contributed by atoms with van der Waals surface area (Å²) < 4.78 is 6.00. The Morgan fingerprint density at radius 1 is 1.12 bits per heavy atom. The van der Waals surface area contributed by atoms with Crippen molar-refractivity contribution in [2.75, 3.05) is 18.0 Å². The fourth-order valence-electron chi connectivity index (χ4n) is 3.27. The minimum atomic E-state index is -0.167. The molecule has 1 N–H and O–H groups in total.